The van der Waals surface area contributed by atoms with Crippen LogP contribution in [0.15, 0.2) is 24.3 Å². The first-order valence-corrected chi connectivity index (χ1v) is 6.19. The average molecular weight is 265 g/mol. The van der Waals surface area contributed by atoms with E-state index in [0.717, 1.165) is 5.56 Å². The van der Waals surface area contributed by atoms with E-state index in [-0.39, 0.29) is 13.0 Å². The lowest BCUT2D eigenvalue weighted by Crippen LogP contribution is -2.30. The maximum Gasteiger partial charge on any atom is 0.325 e. The molecule has 0 bridgehead atoms. The first-order valence-electron chi connectivity index (χ1n) is 6.19. The number of carboxylic acid groups (broad SMARTS) is 2. The second kappa shape index (κ2) is 6.89. The summed E-state index contributed by atoms with van der Waals surface area (Å²) in [6.07, 6.45) is -0.103. The number of carboxylic acids is 2. The molecule has 0 radical (unpaired) electrons. The van der Waals surface area contributed by atoms with E-state index in [9.17, 15) is 9.59 Å². The van der Waals surface area contributed by atoms with Crippen LogP contribution < -0.4 is 5.32 Å². The molecule has 104 valence electrons. The van der Waals surface area contributed by atoms with Crippen molar-refractivity contribution < 1.29 is 19.8 Å². The van der Waals surface area contributed by atoms with E-state index in [1.807, 2.05) is 12.1 Å². The van der Waals surface area contributed by atoms with Crippen LogP contribution in [-0.2, 0) is 9.59 Å². The Morgan fingerprint density at radius 3 is 2.05 bits per heavy atom. The summed E-state index contributed by atoms with van der Waals surface area (Å²) in [5.41, 5.74) is 1.76. The van der Waals surface area contributed by atoms with Crippen LogP contribution in [0.25, 0.3) is 0 Å². The van der Waals surface area contributed by atoms with Gasteiger partial charge in [-0.1, -0.05) is 38.1 Å². The van der Waals surface area contributed by atoms with Crippen LogP contribution in [-0.4, -0.2) is 28.7 Å². The molecule has 0 fully saturated rings. The van der Waals surface area contributed by atoms with E-state index in [2.05, 4.69) is 19.2 Å². The van der Waals surface area contributed by atoms with Crippen molar-refractivity contribution in [1.82, 2.24) is 5.32 Å². The second-order valence-electron chi connectivity index (χ2n) is 4.69. The van der Waals surface area contributed by atoms with E-state index >= 15 is 0 Å². The summed E-state index contributed by atoms with van der Waals surface area (Å²) >= 11 is 0. The lowest BCUT2D eigenvalue weighted by atomic mass is 9.99. The first-order chi connectivity index (χ1) is 8.91. The molecule has 5 heteroatoms. The molecule has 0 saturated carbocycles. The Morgan fingerprint density at radius 2 is 1.63 bits per heavy atom. The first kappa shape index (κ1) is 15.2. The molecule has 0 aliphatic heterocycles. The SMILES string of the molecule is CC(C)c1ccc(C(NCCC(=O)O)C(=O)O)cc1. The maximum atomic E-state index is 11.2. The number of nitrogens with one attached hydrogen (secondary N) is 1. The molecule has 1 rings (SSSR count). The zero-order valence-electron chi connectivity index (χ0n) is 11.1. The summed E-state index contributed by atoms with van der Waals surface area (Å²) in [5, 5.41) is 20.4. The standard InChI is InChI=1S/C14H19NO4/c1-9(2)10-3-5-11(6-4-10)13(14(18)19)15-8-7-12(16)17/h3-6,9,13,15H,7-8H2,1-2H3,(H,16,17)(H,18,19). The summed E-state index contributed by atoms with van der Waals surface area (Å²) in [4.78, 5) is 21.6. The van der Waals surface area contributed by atoms with Crippen LogP contribution in [0.1, 0.15) is 43.4 Å². The van der Waals surface area contributed by atoms with Crippen molar-refractivity contribution in [2.75, 3.05) is 6.54 Å². The summed E-state index contributed by atoms with van der Waals surface area (Å²) in [7, 11) is 0. The molecule has 0 saturated heterocycles. The third-order valence-corrected chi connectivity index (χ3v) is 2.87. The molecule has 1 unspecified atom stereocenters. The topological polar surface area (TPSA) is 86.6 Å². The number of carbonyl (C=O) groups is 2. The van der Waals surface area contributed by atoms with Crippen LogP contribution >= 0.6 is 0 Å². The molecule has 0 aliphatic carbocycles. The predicted molar refractivity (Wildman–Crippen MR) is 71.2 cm³/mol. The van der Waals surface area contributed by atoms with Crippen molar-refractivity contribution in [3.05, 3.63) is 35.4 Å². The minimum Gasteiger partial charge on any atom is -0.481 e. The number of hydrogen-bond donors (Lipinski definition) is 3. The Morgan fingerprint density at radius 1 is 1.11 bits per heavy atom. The number of benzene rings is 1. The maximum absolute atomic E-state index is 11.2. The molecule has 0 heterocycles. The third kappa shape index (κ3) is 4.71. The predicted octanol–water partition coefficient (Wildman–Crippen LogP) is 2.00. The molecule has 5 nitrogen and oxygen atoms in total. The van der Waals surface area contributed by atoms with Gasteiger partial charge in [0, 0.05) is 6.54 Å². The van der Waals surface area contributed by atoms with Gasteiger partial charge in [0.2, 0.25) is 0 Å². The van der Waals surface area contributed by atoms with Gasteiger partial charge in [0.25, 0.3) is 0 Å². The monoisotopic (exact) mass is 265 g/mol. The average Bonchev–Trinajstić information content (AvgIpc) is 2.34. The van der Waals surface area contributed by atoms with Crippen LogP contribution in [0, 0.1) is 0 Å². The summed E-state index contributed by atoms with van der Waals surface area (Å²) < 4.78 is 0. The molecule has 19 heavy (non-hydrogen) atoms. The zero-order valence-corrected chi connectivity index (χ0v) is 11.1. The summed E-state index contributed by atoms with van der Waals surface area (Å²) in [6.45, 7) is 4.25. The highest BCUT2D eigenvalue weighted by atomic mass is 16.4. The molecule has 0 aliphatic rings. The Hall–Kier alpha value is -1.88. The van der Waals surface area contributed by atoms with E-state index in [1.54, 1.807) is 12.1 Å². The summed E-state index contributed by atoms with van der Waals surface area (Å²) in [6, 6.07) is 6.45. The third-order valence-electron chi connectivity index (χ3n) is 2.87. The van der Waals surface area contributed by atoms with Crippen molar-refractivity contribution in [1.29, 1.82) is 0 Å². The molecule has 1 atom stereocenters. The van der Waals surface area contributed by atoms with Crippen LogP contribution in [0.3, 0.4) is 0 Å². The number of hydrogen-bond acceptors (Lipinski definition) is 3. The molecule has 0 spiro atoms. The van der Waals surface area contributed by atoms with Gasteiger partial charge in [-0.3, -0.25) is 9.59 Å². The molecular formula is C14H19NO4. The highest BCUT2D eigenvalue weighted by Gasteiger charge is 2.19. The fourth-order valence-electron chi connectivity index (χ4n) is 1.74. The zero-order chi connectivity index (χ0) is 14.4. The van der Waals surface area contributed by atoms with E-state index in [4.69, 9.17) is 10.2 Å². The Balaban J connectivity index is 2.75. The Bertz CT molecular complexity index is 439. The van der Waals surface area contributed by atoms with Crippen molar-refractivity contribution in [3.63, 3.8) is 0 Å². The van der Waals surface area contributed by atoms with Crippen molar-refractivity contribution in [3.8, 4) is 0 Å². The highest BCUT2D eigenvalue weighted by Crippen LogP contribution is 2.19. The van der Waals surface area contributed by atoms with E-state index < -0.39 is 18.0 Å². The van der Waals surface area contributed by atoms with Crippen molar-refractivity contribution in [2.24, 2.45) is 0 Å². The van der Waals surface area contributed by atoms with Gasteiger partial charge in [-0.05, 0) is 17.0 Å². The van der Waals surface area contributed by atoms with Gasteiger partial charge in [0.15, 0.2) is 0 Å². The van der Waals surface area contributed by atoms with Gasteiger partial charge in [-0.2, -0.15) is 0 Å². The molecule has 0 aromatic heterocycles. The second-order valence-corrected chi connectivity index (χ2v) is 4.69. The van der Waals surface area contributed by atoms with E-state index in [1.165, 1.54) is 0 Å². The molecule has 1 aromatic carbocycles. The molecular weight excluding hydrogens is 246 g/mol. The lowest BCUT2D eigenvalue weighted by Gasteiger charge is -2.15. The lowest BCUT2D eigenvalue weighted by molar-refractivity contribution is -0.141. The highest BCUT2D eigenvalue weighted by molar-refractivity contribution is 5.75. The van der Waals surface area contributed by atoms with Crippen LogP contribution in [0.5, 0.6) is 0 Å². The van der Waals surface area contributed by atoms with E-state index in [0.29, 0.717) is 11.5 Å². The Kier molecular flexibility index (Phi) is 5.51. The molecule has 1 aromatic rings. The van der Waals surface area contributed by atoms with Gasteiger partial charge >= 0.3 is 11.9 Å². The van der Waals surface area contributed by atoms with Gasteiger partial charge in [-0.15, -0.1) is 0 Å². The fourth-order valence-corrected chi connectivity index (χ4v) is 1.74. The number of rotatable bonds is 7. The van der Waals surface area contributed by atoms with Crippen LogP contribution in [0.4, 0.5) is 0 Å². The fraction of sp³-hybridized carbons (Fsp3) is 0.429. The quantitative estimate of drug-likeness (QED) is 0.702. The largest absolute Gasteiger partial charge is 0.481 e. The van der Waals surface area contributed by atoms with Crippen LogP contribution in [0.2, 0.25) is 0 Å². The molecule has 0 amide bonds. The Labute approximate surface area is 112 Å². The van der Waals surface area contributed by atoms with Crippen molar-refractivity contribution in [2.45, 2.75) is 32.2 Å². The normalized spacial score (nSPS) is 12.4. The van der Waals surface area contributed by atoms with Gasteiger partial charge in [0.1, 0.15) is 6.04 Å². The molecule has 3 N–H and O–H groups in total. The van der Waals surface area contributed by atoms with Gasteiger partial charge < -0.3 is 15.5 Å². The summed E-state index contributed by atoms with van der Waals surface area (Å²) in [5.74, 6) is -1.58. The number of aliphatic carboxylic acids is 2. The van der Waals surface area contributed by atoms with Gasteiger partial charge in [-0.25, -0.2) is 0 Å². The van der Waals surface area contributed by atoms with Gasteiger partial charge in [0.05, 0.1) is 6.42 Å². The van der Waals surface area contributed by atoms with Crippen molar-refractivity contribution >= 4 is 11.9 Å². The smallest absolute Gasteiger partial charge is 0.325 e. The minimum absolute atomic E-state index is 0.103. The minimum atomic E-state index is -1.01.